The molecule has 11 rings (SSSR count). The van der Waals surface area contributed by atoms with Gasteiger partial charge in [-0.1, -0.05) is 53.2 Å². The predicted molar refractivity (Wildman–Crippen MR) is 317 cm³/mol. The number of rotatable bonds is 14. The van der Waals surface area contributed by atoms with Gasteiger partial charge < -0.3 is 149 Å². The molecule has 6 heterocycles. The van der Waals surface area contributed by atoms with Crippen LogP contribution in [0.2, 0.25) is 0 Å². The molecule has 96 heavy (non-hydrogen) atoms. The van der Waals surface area contributed by atoms with E-state index in [0.29, 0.717) is 32.1 Å². The molecule has 0 spiro atoms. The second-order valence-electron chi connectivity index (χ2n) is 31.1. The highest BCUT2D eigenvalue weighted by molar-refractivity contribution is 5.79. The first kappa shape index (κ1) is 74.7. The van der Waals surface area contributed by atoms with Crippen LogP contribution in [0.4, 0.5) is 0 Å². The summed E-state index contributed by atoms with van der Waals surface area (Å²) in [4.78, 5) is 27.7. The molecule has 32 heteroatoms. The van der Waals surface area contributed by atoms with Crippen LogP contribution in [-0.2, 0) is 66.4 Å². The van der Waals surface area contributed by atoms with Gasteiger partial charge in [-0.15, -0.1) is 0 Å². The van der Waals surface area contributed by atoms with Crippen molar-refractivity contribution in [3.05, 3.63) is 11.6 Å². The number of carbonyl (C=O) groups is 2. The fraction of sp³-hybridized carbons (Fsp3) is 0.938. The lowest BCUT2D eigenvalue weighted by molar-refractivity contribution is -0.395. The minimum Gasteiger partial charge on any atom is -0.479 e. The van der Waals surface area contributed by atoms with E-state index in [-0.39, 0.29) is 30.6 Å². The molecule has 4 saturated carbocycles. The summed E-state index contributed by atoms with van der Waals surface area (Å²) in [6, 6.07) is 0. The molecule has 6 saturated heterocycles. The molecule has 32 nitrogen and oxygen atoms in total. The largest absolute Gasteiger partial charge is 0.479 e. The van der Waals surface area contributed by atoms with Crippen molar-refractivity contribution < 1.29 is 158 Å². The lowest BCUT2D eigenvalue weighted by Gasteiger charge is -2.72. The van der Waals surface area contributed by atoms with Crippen LogP contribution < -0.4 is 0 Å². The van der Waals surface area contributed by atoms with E-state index in [1.54, 1.807) is 6.92 Å². The molecule has 39 atom stereocenters. The number of carbonyl (C=O) groups excluding carboxylic acids is 1. The molecule has 6 aliphatic heterocycles. The summed E-state index contributed by atoms with van der Waals surface area (Å²) >= 11 is 0. The maximum absolute atomic E-state index is 15.7. The molecule has 10 fully saturated rings. The van der Waals surface area contributed by atoms with Gasteiger partial charge in [-0.3, -0.25) is 4.79 Å². The predicted octanol–water partition coefficient (Wildman–Crippen LogP) is -5.02. The van der Waals surface area contributed by atoms with Crippen molar-refractivity contribution in [2.24, 2.45) is 50.2 Å². The maximum Gasteiger partial charge on any atom is 0.335 e. The van der Waals surface area contributed by atoms with Gasteiger partial charge in [0.15, 0.2) is 43.7 Å². The van der Waals surface area contributed by atoms with Crippen molar-refractivity contribution in [1.29, 1.82) is 0 Å². The topological polar surface area (TPSA) is 509 Å². The number of fused-ring (bicyclic) bond motifs is 7. The highest BCUT2D eigenvalue weighted by atomic mass is 16.8. The Hall–Kier alpha value is -2.44. The van der Waals surface area contributed by atoms with Gasteiger partial charge in [-0.2, -0.15) is 0 Å². The Balaban J connectivity index is 0.843. The monoisotopic (exact) mass is 1380 g/mol. The number of carboxylic acids is 1. The summed E-state index contributed by atoms with van der Waals surface area (Å²) in [5.74, 6) is -3.90. The third kappa shape index (κ3) is 12.5. The zero-order valence-electron chi connectivity index (χ0n) is 55.3. The van der Waals surface area contributed by atoms with Crippen LogP contribution in [0.15, 0.2) is 11.6 Å². The summed E-state index contributed by atoms with van der Waals surface area (Å²) in [6.07, 6.45) is -48.0. The average molecular weight is 1380 g/mol. The van der Waals surface area contributed by atoms with Gasteiger partial charge in [0.1, 0.15) is 104 Å². The van der Waals surface area contributed by atoms with Crippen LogP contribution in [0, 0.1) is 50.2 Å². The molecule has 0 bridgehead atoms. The Kier molecular flexibility index (Phi) is 21.3. The van der Waals surface area contributed by atoms with Crippen LogP contribution in [0.3, 0.4) is 0 Å². The van der Waals surface area contributed by atoms with Crippen LogP contribution in [0.1, 0.15) is 114 Å². The van der Waals surface area contributed by atoms with Gasteiger partial charge in [-0.05, 0) is 106 Å². The molecular formula is C64H102O32. The summed E-state index contributed by atoms with van der Waals surface area (Å²) in [7, 11) is 0. The van der Waals surface area contributed by atoms with Crippen LogP contribution >= 0.6 is 0 Å². The number of esters is 1. The van der Waals surface area contributed by atoms with Crippen LogP contribution in [0.25, 0.3) is 0 Å². The average Bonchev–Trinajstić information content (AvgIpc) is 0.667. The highest BCUT2D eigenvalue weighted by Crippen LogP contribution is 2.76. The molecular weight excluding hydrogens is 1280 g/mol. The van der Waals surface area contributed by atoms with E-state index in [2.05, 4.69) is 33.8 Å². The van der Waals surface area contributed by atoms with E-state index in [1.807, 2.05) is 6.92 Å². The third-order valence-electron chi connectivity index (χ3n) is 24.7. The van der Waals surface area contributed by atoms with Crippen molar-refractivity contribution in [2.75, 3.05) is 19.8 Å². The van der Waals surface area contributed by atoms with Gasteiger partial charge in [0.05, 0.1) is 61.9 Å². The third-order valence-corrected chi connectivity index (χ3v) is 24.7. The zero-order chi connectivity index (χ0) is 70.3. The normalized spacial score (nSPS) is 55.9. The first-order valence-electron chi connectivity index (χ1n) is 33.6. The molecule has 550 valence electrons. The van der Waals surface area contributed by atoms with Gasteiger partial charge in [0.25, 0.3) is 0 Å². The van der Waals surface area contributed by atoms with Crippen molar-refractivity contribution in [1.82, 2.24) is 0 Å². The Bertz CT molecular complexity index is 2790. The number of hydrogen-bond acceptors (Lipinski definition) is 31. The molecule has 11 aliphatic rings. The number of aliphatic carboxylic acids is 1. The molecule has 39 unspecified atom stereocenters. The fourth-order valence-corrected chi connectivity index (χ4v) is 19.1. The first-order chi connectivity index (χ1) is 44.8. The highest BCUT2D eigenvalue weighted by Gasteiger charge is 2.74. The Morgan fingerprint density at radius 1 is 0.490 bits per heavy atom. The van der Waals surface area contributed by atoms with Gasteiger partial charge >= 0.3 is 11.9 Å². The lowest BCUT2D eigenvalue weighted by atomic mass is 9.33. The summed E-state index contributed by atoms with van der Waals surface area (Å²) < 4.78 is 72.0. The number of ether oxygens (including phenoxy) is 12. The SMILES string of the molecule is CC1OC(OC2C(O)COC(OC3C(C)OC(OC4C(OC(=O)C56CCC(C)(C)CC5C5=CCC7C8(C)CC(O)C(OC9OC(C(=O)O)C(O)C(O)C9O)C(C)(CO)C8C(O)CC7(C)C5(C)CC6)OCC(O)C4O)C(O)C3OC3OC(C)C(O)C(O)C3O)C2O)C(O)C(O)C1O. The van der Waals surface area contributed by atoms with Gasteiger partial charge in [-0.25, -0.2) is 4.79 Å². The zero-order valence-corrected chi connectivity index (χ0v) is 55.3. The lowest BCUT2D eigenvalue weighted by Crippen LogP contribution is -2.72. The van der Waals surface area contributed by atoms with Crippen molar-refractivity contribution in [2.45, 2.75) is 304 Å². The van der Waals surface area contributed by atoms with Crippen molar-refractivity contribution in [3.63, 3.8) is 0 Å². The van der Waals surface area contributed by atoms with E-state index >= 15 is 4.79 Å². The molecule has 0 aromatic rings. The van der Waals surface area contributed by atoms with Crippen molar-refractivity contribution in [3.8, 4) is 0 Å². The summed E-state index contributed by atoms with van der Waals surface area (Å²) in [5, 5.41) is 201. The number of aliphatic hydroxyl groups excluding tert-OH is 17. The fourth-order valence-electron chi connectivity index (χ4n) is 19.1. The molecule has 0 amide bonds. The van der Waals surface area contributed by atoms with Crippen molar-refractivity contribution >= 4 is 11.9 Å². The van der Waals surface area contributed by atoms with Crippen LogP contribution in [-0.4, -0.2) is 314 Å². The summed E-state index contributed by atoms with van der Waals surface area (Å²) in [5.41, 5.74) is -4.47. The Morgan fingerprint density at radius 2 is 1.00 bits per heavy atom. The van der Waals surface area contributed by atoms with E-state index in [4.69, 9.17) is 56.8 Å². The molecule has 0 aromatic carbocycles. The number of aliphatic hydroxyl groups is 17. The van der Waals surface area contributed by atoms with E-state index in [9.17, 15) is 96.7 Å². The maximum atomic E-state index is 15.7. The standard InChI is InChI=1S/C64H102O32/c1-22-32(70)35(73)39(77)53(87-22)91-45-30(69)20-85-52(42(45)80)90-44-24(3)89-56(43(81)46(44)92-54-40(78)36(74)33(71)23(2)88-54)94-48-34(72)29(68)19-86-57(48)96-58(84)64-14-12-59(4,5)16-26(64)25-10-11-31-60(6)17-28(67)50(95-55-41(79)37(75)38(76)47(93-55)51(82)83)61(7,21-65)49(60)27(66)18-63(31,9)62(25,8)13-15-64/h10,22-24,26-50,52-57,65-81H,11-21H2,1-9H3,(H,82,83). The second kappa shape index (κ2) is 27.3. The molecule has 5 aliphatic carbocycles. The number of carboxylic acid groups (broad SMARTS) is 1. The van der Waals surface area contributed by atoms with E-state index < -0.39 is 261 Å². The van der Waals surface area contributed by atoms with Gasteiger partial charge in [0.2, 0.25) is 6.29 Å². The Morgan fingerprint density at radius 3 is 1.60 bits per heavy atom. The summed E-state index contributed by atoms with van der Waals surface area (Å²) in [6.45, 7) is 14.5. The molecule has 0 radical (unpaired) electrons. The number of allylic oxidation sites excluding steroid dienone is 2. The van der Waals surface area contributed by atoms with Gasteiger partial charge in [0, 0.05) is 11.3 Å². The Labute approximate surface area is 554 Å². The minimum absolute atomic E-state index is 0.00556. The second-order valence-corrected chi connectivity index (χ2v) is 31.1. The van der Waals surface area contributed by atoms with Crippen LogP contribution in [0.5, 0.6) is 0 Å². The first-order valence-corrected chi connectivity index (χ1v) is 33.6. The minimum atomic E-state index is -2.09. The van der Waals surface area contributed by atoms with E-state index in [1.165, 1.54) is 20.8 Å². The van der Waals surface area contributed by atoms with E-state index in [0.717, 1.165) is 5.57 Å². The molecule has 0 aromatic heterocycles. The molecule has 18 N–H and O–H groups in total. The smallest absolute Gasteiger partial charge is 0.335 e. The number of hydrogen-bond donors (Lipinski definition) is 18. The quantitative estimate of drug-likeness (QED) is 0.0440.